The molecule has 0 spiro atoms. The van der Waals surface area contributed by atoms with Crippen LogP contribution in [0.2, 0.25) is 0 Å². The van der Waals surface area contributed by atoms with Gasteiger partial charge < -0.3 is 10.2 Å². The summed E-state index contributed by atoms with van der Waals surface area (Å²) in [4.78, 5) is 0. The van der Waals surface area contributed by atoms with E-state index in [1.807, 2.05) is 6.92 Å². The van der Waals surface area contributed by atoms with Gasteiger partial charge in [0, 0.05) is 0 Å². The second kappa shape index (κ2) is 5.55. The molecule has 0 unspecified atom stereocenters. The van der Waals surface area contributed by atoms with Gasteiger partial charge in [0.05, 0.1) is 12.2 Å². The summed E-state index contributed by atoms with van der Waals surface area (Å²) in [5, 5.41) is 18.6. The molecule has 0 aromatic rings. The van der Waals surface area contributed by atoms with Crippen molar-refractivity contribution in [1.29, 1.82) is 0 Å². The van der Waals surface area contributed by atoms with Crippen LogP contribution in [0.15, 0.2) is 0 Å². The van der Waals surface area contributed by atoms with Gasteiger partial charge in [-0.05, 0) is 18.8 Å². The Kier molecular flexibility index (Phi) is 5.51. The van der Waals surface area contributed by atoms with Gasteiger partial charge >= 0.3 is 0 Å². The van der Waals surface area contributed by atoms with Crippen molar-refractivity contribution >= 4 is 0 Å². The Labute approximate surface area is 75.6 Å². The molecule has 74 valence electrons. The van der Waals surface area contributed by atoms with Gasteiger partial charge in [0.25, 0.3) is 0 Å². The highest BCUT2D eigenvalue weighted by molar-refractivity contribution is 4.75. The SMILES string of the molecule is CC[C@@](O)(CO)CCCC(C)C. The molecule has 12 heavy (non-hydrogen) atoms. The molecule has 0 aliphatic heterocycles. The number of aliphatic hydroxyl groups is 2. The molecule has 2 heteroatoms. The molecule has 0 rings (SSSR count). The zero-order valence-corrected chi connectivity index (χ0v) is 8.51. The Hall–Kier alpha value is -0.0800. The maximum Gasteiger partial charge on any atom is 0.0874 e. The molecule has 0 amide bonds. The van der Waals surface area contributed by atoms with Crippen LogP contribution in [0.1, 0.15) is 46.5 Å². The average molecular weight is 174 g/mol. The maximum atomic E-state index is 9.69. The average Bonchev–Trinajstić information content (AvgIpc) is 2.03. The molecule has 1 atom stereocenters. The molecule has 0 aromatic heterocycles. The molecule has 0 radical (unpaired) electrons. The van der Waals surface area contributed by atoms with Crippen LogP contribution in [0.3, 0.4) is 0 Å². The lowest BCUT2D eigenvalue weighted by molar-refractivity contribution is -0.0263. The van der Waals surface area contributed by atoms with Crippen molar-refractivity contribution in [2.45, 2.75) is 52.1 Å². The van der Waals surface area contributed by atoms with Gasteiger partial charge in [-0.25, -0.2) is 0 Å². The summed E-state index contributed by atoms with van der Waals surface area (Å²) in [6.07, 6.45) is 3.49. The quantitative estimate of drug-likeness (QED) is 0.646. The van der Waals surface area contributed by atoms with Crippen molar-refractivity contribution in [3.63, 3.8) is 0 Å². The first-order valence-electron chi connectivity index (χ1n) is 4.87. The van der Waals surface area contributed by atoms with E-state index in [1.165, 1.54) is 0 Å². The lowest BCUT2D eigenvalue weighted by atomic mass is 9.93. The van der Waals surface area contributed by atoms with E-state index in [9.17, 15) is 5.11 Å². The maximum absolute atomic E-state index is 9.69. The van der Waals surface area contributed by atoms with Gasteiger partial charge in [-0.1, -0.05) is 33.6 Å². The van der Waals surface area contributed by atoms with Crippen LogP contribution in [-0.2, 0) is 0 Å². The van der Waals surface area contributed by atoms with E-state index in [0.717, 1.165) is 19.3 Å². The van der Waals surface area contributed by atoms with Gasteiger partial charge in [-0.15, -0.1) is 0 Å². The Bertz CT molecular complexity index is 106. The summed E-state index contributed by atoms with van der Waals surface area (Å²) in [6.45, 7) is 6.14. The van der Waals surface area contributed by atoms with E-state index in [-0.39, 0.29) is 6.61 Å². The van der Waals surface area contributed by atoms with E-state index in [4.69, 9.17) is 5.11 Å². The summed E-state index contributed by atoms with van der Waals surface area (Å²) < 4.78 is 0. The third kappa shape index (κ3) is 4.73. The van der Waals surface area contributed by atoms with Crippen molar-refractivity contribution in [2.75, 3.05) is 6.61 Å². The summed E-state index contributed by atoms with van der Waals surface area (Å²) in [5.41, 5.74) is -0.825. The van der Waals surface area contributed by atoms with Crippen molar-refractivity contribution in [1.82, 2.24) is 0 Å². The number of hydrogen-bond acceptors (Lipinski definition) is 2. The zero-order valence-electron chi connectivity index (χ0n) is 8.51. The van der Waals surface area contributed by atoms with Crippen LogP contribution >= 0.6 is 0 Å². The monoisotopic (exact) mass is 174 g/mol. The molecule has 0 aliphatic carbocycles. The van der Waals surface area contributed by atoms with Crippen LogP contribution in [0, 0.1) is 5.92 Å². The smallest absolute Gasteiger partial charge is 0.0874 e. The van der Waals surface area contributed by atoms with Crippen LogP contribution in [0.4, 0.5) is 0 Å². The minimum Gasteiger partial charge on any atom is -0.393 e. The van der Waals surface area contributed by atoms with Gasteiger partial charge in [-0.3, -0.25) is 0 Å². The molecule has 0 saturated carbocycles. The summed E-state index contributed by atoms with van der Waals surface area (Å²) >= 11 is 0. The fourth-order valence-corrected chi connectivity index (χ4v) is 1.21. The van der Waals surface area contributed by atoms with Crippen LogP contribution in [0.25, 0.3) is 0 Å². The van der Waals surface area contributed by atoms with Gasteiger partial charge in [0.1, 0.15) is 0 Å². The highest BCUT2D eigenvalue weighted by Crippen LogP contribution is 2.19. The Morgan fingerprint density at radius 3 is 2.25 bits per heavy atom. The molecule has 2 nitrogen and oxygen atoms in total. The fraction of sp³-hybridized carbons (Fsp3) is 1.00. The molecule has 0 aliphatic rings. The second-order valence-corrected chi connectivity index (χ2v) is 4.02. The Balaban J connectivity index is 3.58. The summed E-state index contributed by atoms with van der Waals surface area (Å²) in [5.74, 6) is 0.685. The van der Waals surface area contributed by atoms with E-state index in [2.05, 4.69) is 13.8 Å². The number of hydrogen-bond donors (Lipinski definition) is 2. The third-order valence-electron chi connectivity index (χ3n) is 2.38. The first kappa shape index (κ1) is 11.9. The summed E-state index contributed by atoms with van der Waals surface area (Å²) in [6, 6.07) is 0. The Morgan fingerprint density at radius 2 is 1.92 bits per heavy atom. The zero-order chi connectivity index (χ0) is 9.61. The molecule has 2 N–H and O–H groups in total. The first-order valence-corrected chi connectivity index (χ1v) is 4.87. The largest absolute Gasteiger partial charge is 0.393 e. The molecule has 0 bridgehead atoms. The van der Waals surface area contributed by atoms with Crippen molar-refractivity contribution in [3.05, 3.63) is 0 Å². The molecule has 0 saturated heterocycles. The third-order valence-corrected chi connectivity index (χ3v) is 2.38. The standard InChI is InChI=1S/C10H22O2/c1-4-10(12,8-11)7-5-6-9(2)3/h9,11-12H,4-8H2,1-3H3/t10-/m0/s1. The van der Waals surface area contributed by atoms with Crippen molar-refractivity contribution in [3.8, 4) is 0 Å². The number of rotatable bonds is 6. The molecular formula is C10H22O2. The highest BCUT2D eigenvalue weighted by atomic mass is 16.3. The lowest BCUT2D eigenvalue weighted by Crippen LogP contribution is -2.32. The Morgan fingerprint density at radius 1 is 1.33 bits per heavy atom. The van der Waals surface area contributed by atoms with E-state index < -0.39 is 5.60 Å². The van der Waals surface area contributed by atoms with Crippen LogP contribution in [0.5, 0.6) is 0 Å². The van der Waals surface area contributed by atoms with Crippen molar-refractivity contribution in [2.24, 2.45) is 5.92 Å². The van der Waals surface area contributed by atoms with E-state index in [1.54, 1.807) is 0 Å². The minimum absolute atomic E-state index is 0.110. The number of aliphatic hydroxyl groups excluding tert-OH is 1. The second-order valence-electron chi connectivity index (χ2n) is 4.02. The molecule has 0 aromatic carbocycles. The predicted octanol–water partition coefficient (Wildman–Crippen LogP) is 1.95. The van der Waals surface area contributed by atoms with E-state index >= 15 is 0 Å². The normalized spacial score (nSPS) is 16.5. The molecule has 0 heterocycles. The van der Waals surface area contributed by atoms with Gasteiger partial charge in [0.15, 0.2) is 0 Å². The predicted molar refractivity (Wildman–Crippen MR) is 51.0 cm³/mol. The minimum atomic E-state index is -0.825. The van der Waals surface area contributed by atoms with Crippen LogP contribution in [-0.4, -0.2) is 22.4 Å². The molecule has 0 fully saturated rings. The topological polar surface area (TPSA) is 40.5 Å². The van der Waals surface area contributed by atoms with Crippen LogP contribution < -0.4 is 0 Å². The summed E-state index contributed by atoms with van der Waals surface area (Å²) in [7, 11) is 0. The van der Waals surface area contributed by atoms with Crippen molar-refractivity contribution < 1.29 is 10.2 Å². The molecular weight excluding hydrogens is 152 g/mol. The van der Waals surface area contributed by atoms with E-state index in [0.29, 0.717) is 12.3 Å². The van der Waals surface area contributed by atoms with Gasteiger partial charge in [0.2, 0.25) is 0 Å². The van der Waals surface area contributed by atoms with Gasteiger partial charge in [-0.2, -0.15) is 0 Å². The highest BCUT2D eigenvalue weighted by Gasteiger charge is 2.22. The fourth-order valence-electron chi connectivity index (χ4n) is 1.21. The lowest BCUT2D eigenvalue weighted by Gasteiger charge is -2.24. The first-order chi connectivity index (χ1) is 5.54.